The minimum Gasteiger partial charge on any atom is -0.478 e. The van der Waals surface area contributed by atoms with E-state index in [2.05, 4.69) is 15.3 Å². The fourth-order valence-corrected chi connectivity index (χ4v) is 7.86. The molecule has 4 aromatic carbocycles. The van der Waals surface area contributed by atoms with Crippen molar-refractivity contribution in [1.82, 2.24) is 10.3 Å². The maximum atomic E-state index is 12.9. The smallest absolute Gasteiger partial charge is 0.335 e. The number of aliphatic imine (C=N–C) groups is 1. The number of aromatic nitrogens is 1. The van der Waals surface area contributed by atoms with Gasteiger partial charge in [-0.15, -0.1) is 11.3 Å². The molecule has 0 unspecified atom stereocenters. The van der Waals surface area contributed by atoms with Crippen molar-refractivity contribution in [1.29, 1.82) is 0 Å². The summed E-state index contributed by atoms with van der Waals surface area (Å²) < 4.78 is 1.22. The van der Waals surface area contributed by atoms with E-state index < -0.39 is 28.6 Å². The van der Waals surface area contributed by atoms with E-state index in [-0.39, 0.29) is 21.3 Å². The number of amidine groups is 1. The first-order valence-corrected chi connectivity index (χ1v) is 16.1. The minimum absolute atomic E-state index is 0.109. The van der Waals surface area contributed by atoms with Crippen LogP contribution in [-0.4, -0.2) is 43.9 Å². The number of nitrogens with zero attached hydrogens (tertiary/aromatic N) is 4. The molecule has 5 aromatic rings. The number of rotatable bonds is 7. The first-order chi connectivity index (χ1) is 22.6. The molecule has 0 saturated carbocycles. The average molecular weight is 680 g/mol. The summed E-state index contributed by atoms with van der Waals surface area (Å²) in [5.41, 5.74) is 2.52. The summed E-state index contributed by atoms with van der Waals surface area (Å²) in [6.07, 6.45) is 1.52. The number of carboxylic acid groups (broad SMARTS) is 1. The molecular formula is C32H17N5O7S3. The second-order valence-corrected chi connectivity index (χ2v) is 13.4. The number of nitro benzene ring substituents is 1. The Morgan fingerprint density at radius 2 is 1.70 bits per heavy atom. The lowest BCUT2D eigenvalue weighted by molar-refractivity contribution is -0.387. The largest absolute Gasteiger partial charge is 0.478 e. The molecule has 230 valence electrons. The summed E-state index contributed by atoms with van der Waals surface area (Å²) in [7, 11) is 0. The van der Waals surface area contributed by atoms with E-state index in [1.165, 1.54) is 47.7 Å². The van der Waals surface area contributed by atoms with Gasteiger partial charge in [-0.2, -0.15) is 0 Å². The Hall–Kier alpha value is -5.64. The maximum Gasteiger partial charge on any atom is 0.335 e. The van der Waals surface area contributed by atoms with Crippen LogP contribution in [0, 0.1) is 10.1 Å². The van der Waals surface area contributed by atoms with Crippen molar-refractivity contribution in [3.63, 3.8) is 0 Å². The first kappa shape index (κ1) is 30.0. The van der Waals surface area contributed by atoms with E-state index in [9.17, 15) is 29.3 Å². The zero-order chi connectivity index (χ0) is 32.8. The van der Waals surface area contributed by atoms with Gasteiger partial charge in [-0.05, 0) is 84.1 Å². The number of nitrogens with one attached hydrogen (secondary N) is 1. The molecule has 1 fully saturated rings. The van der Waals surface area contributed by atoms with Crippen LogP contribution in [0.5, 0.6) is 0 Å². The fraction of sp³-hybridized carbons (Fsp3) is 0. The number of thiazole rings is 1. The number of fused-ring (bicyclic) bond motifs is 2. The Bertz CT molecular complexity index is 2230. The summed E-state index contributed by atoms with van der Waals surface area (Å²) in [5, 5.41) is 24.0. The highest BCUT2D eigenvalue weighted by Crippen LogP contribution is 2.41. The zero-order valence-corrected chi connectivity index (χ0v) is 26.0. The molecule has 3 amide bonds. The van der Waals surface area contributed by atoms with Gasteiger partial charge >= 0.3 is 5.97 Å². The number of thioether (sulfide) groups is 1. The van der Waals surface area contributed by atoms with Crippen molar-refractivity contribution in [2.24, 2.45) is 4.99 Å². The third kappa shape index (κ3) is 5.78. The van der Waals surface area contributed by atoms with Gasteiger partial charge in [-0.3, -0.25) is 24.5 Å². The number of hydrogen-bond acceptors (Lipinski definition) is 11. The highest BCUT2D eigenvalue weighted by molar-refractivity contribution is 8.18. The molecule has 2 aliphatic heterocycles. The number of hydrogen-bond donors (Lipinski definition) is 2. The van der Waals surface area contributed by atoms with Gasteiger partial charge in [0.25, 0.3) is 23.4 Å². The third-order valence-corrected chi connectivity index (χ3v) is 10.1. The molecule has 1 saturated heterocycles. The summed E-state index contributed by atoms with van der Waals surface area (Å²) in [6.45, 7) is 0. The molecule has 3 heterocycles. The molecule has 12 nitrogen and oxygen atoms in total. The summed E-state index contributed by atoms with van der Waals surface area (Å²) >= 11 is 3.44. The Labute approximate surface area is 277 Å². The zero-order valence-electron chi connectivity index (χ0n) is 23.6. The van der Waals surface area contributed by atoms with E-state index >= 15 is 0 Å². The molecule has 0 radical (unpaired) electrons. The molecule has 0 aliphatic carbocycles. The summed E-state index contributed by atoms with van der Waals surface area (Å²) in [5.74, 6) is -2.29. The van der Waals surface area contributed by atoms with Gasteiger partial charge in [-0.25, -0.2) is 19.7 Å². The van der Waals surface area contributed by atoms with E-state index in [1.807, 2.05) is 0 Å². The monoisotopic (exact) mass is 679 g/mol. The Morgan fingerprint density at radius 3 is 2.38 bits per heavy atom. The highest BCUT2D eigenvalue weighted by Gasteiger charge is 2.36. The predicted molar refractivity (Wildman–Crippen MR) is 179 cm³/mol. The highest BCUT2D eigenvalue weighted by atomic mass is 32.2. The number of carbonyl (C=O) groups is 4. The van der Waals surface area contributed by atoms with Crippen molar-refractivity contribution >= 4 is 97.1 Å². The van der Waals surface area contributed by atoms with Crippen molar-refractivity contribution in [2.45, 2.75) is 9.24 Å². The van der Waals surface area contributed by atoms with E-state index in [4.69, 9.17) is 5.11 Å². The lowest BCUT2D eigenvalue weighted by atomic mass is 10.1. The van der Waals surface area contributed by atoms with Crippen LogP contribution < -0.4 is 10.2 Å². The van der Waals surface area contributed by atoms with Gasteiger partial charge in [0.2, 0.25) is 0 Å². The van der Waals surface area contributed by atoms with Gasteiger partial charge < -0.3 is 10.4 Å². The van der Waals surface area contributed by atoms with Gasteiger partial charge in [0.05, 0.1) is 53.0 Å². The normalized spacial score (nSPS) is 15.9. The topological polar surface area (TPSA) is 172 Å². The van der Waals surface area contributed by atoms with Crippen LogP contribution >= 0.6 is 34.9 Å². The van der Waals surface area contributed by atoms with Crippen molar-refractivity contribution < 1.29 is 29.2 Å². The van der Waals surface area contributed by atoms with Crippen molar-refractivity contribution in [3.05, 3.63) is 122 Å². The second kappa shape index (κ2) is 11.9. The molecule has 15 heteroatoms. The second-order valence-electron chi connectivity index (χ2n) is 10.0. The standard InChI is InChI=1S/C32H17N5O7S3/c38-27-26(45-31(35-27)33-18-8-6-17(7-9-18)30(41)42)14-16-5-12-24(23(13-16)37(43)44)46-32-34-22-11-10-19(15-25(22)47-32)36-28(39)20-3-1-2-4-21(20)29(36)40/h1-15H,(H,41,42)(H,33,35,38)/b26-14-. The number of carboxylic acids is 1. The summed E-state index contributed by atoms with van der Waals surface area (Å²) in [4.78, 5) is 71.7. The molecule has 47 heavy (non-hydrogen) atoms. The number of aromatic carboxylic acids is 1. The minimum atomic E-state index is -1.06. The molecule has 1 aromatic heterocycles. The molecular weight excluding hydrogens is 663 g/mol. The van der Waals surface area contributed by atoms with Gasteiger partial charge in [0.1, 0.15) is 0 Å². The van der Waals surface area contributed by atoms with E-state index in [1.54, 1.807) is 54.6 Å². The van der Waals surface area contributed by atoms with Gasteiger partial charge in [0, 0.05) is 6.07 Å². The Morgan fingerprint density at radius 1 is 0.979 bits per heavy atom. The van der Waals surface area contributed by atoms with Gasteiger partial charge in [-0.1, -0.05) is 30.0 Å². The molecule has 0 bridgehead atoms. The fourth-order valence-electron chi connectivity index (χ4n) is 4.87. The van der Waals surface area contributed by atoms with E-state index in [0.29, 0.717) is 47.5 Å². The lowest BCUT2D eigenvalue weighted by Crippen LogP contribution is -2.29. The number of anilines is 1. The van der Waals surface area contributed by atoms with Crippen LogP contribution in [0.4, 0.5) is 17.1 Å². The lowest BCUT2D eigenvalue weighted by Gasteiger charge is -2.13. The third-order valence-electron chi connectivity index (χ3n) is 7.08. The number of carbonyl (C=O) groups excluding carboxylic acids is 3. The molecule has 0 spiro atoms. The average Bonchev–Trinajstić information content (AvgIpc) is 3.70. The number of nitro groups is 1. The number of benzene rings is 4. The molecule has 0 atom stereocenters. The van der Waals surface area contributed by atoms with Crippen LogP contribution in [0.25, 0.3) is 16.3 Å². The SMILES string of the molecule is O=C1NC(=Nc2ccc(C(=O)O)cc2)S/C1=C\c1ccc(Sc2nc3ccc(N4C(=O)c5ccccc5C4=O)cc3s2)c([N+](=O)[O-])c1. The number of imide groups is 1. The van der Waals surface area contributed by atoms with E-state index in [0.717, 1.165) is 28.4 Å². The Balaban J connectivity index is 1.10. The Kier molecular flexibility index (Phi) is 7.63. The van der Waals surface area contributed by atoms with Crippen molar-refractivity contribution in [3.8, 4) is 0 Å². The molecule has 2 N–H and O–H groups in total. The molecule has 7 rings (SSSR count). The number of amides is 3. The summed E-state index contributed by atoms with van der Waals surface area (Å²) in [6, 6.07) is 22.1. The van der Waals surface area contributed by atoms with Crippen LogP contribution in [0.2, 0.25) is 0 Å². The molecule has 2 aliphatic rings. The van der Waals surface area contributed by atoms with Crippen LogP contribution in [0.1, 0.15) is 36.6 Å². The first-order valence-electron chi connectivity index (χ1n) is 13.6. The quantitative estimate of drug-likeness (QED) is 0.0811. The maximum absolute atomic E-state index is 12.9. The van der Waals surface area contributed by atoms with Crippen LogP contribution in [0.3, 0.4) is 0 Å². The van der Waals surface area contributed by atoms with Crippen LogP contribution in [0.15, 0.2) is 104 Å². The van der Waals surface area contributed by atoms with Gasteiger partial charge in [0.15, 0.2) is 9.51 Å². The van der Waals surface area contributed by atoms with Crippen molar-refractivity contribution in [2.75, 3.05) is 4.90 Å². The predicted octanol–water partition coefficient (Wildman–Crippen LogP) is 6.75. The van der Waals surface area contributed by atoms with Crippen LogP contribution in [-0.2, 0) is 4.79 Å².